The standard InChI is InChI=1S/C17H15NO5/c1-11-7-8-13(9-12(11)2)16(19)10-23-17(20)14-5-3-4-6-15(14)18(21)22/h3-9H,10H2,1-2H3. The molecule has 0 aliphatic carbocycles. The summed E-state index contributed by atoms with van der Waals surface area (Å²) in [5.41, 5.74) is 1.92. The SMILES string of the molecule is Cc1ccc(C(=O)COC(=O)c2ccccc2[N+](=O)[O-])cc1C. The first kappa shape index (κ1) is 16.4. The number of nitrogens with zero attached hydrogens (tertiary/aromatic N) is 1. The van der Waals surface area contributed by atoms with Crippen LogP contribution >= 0.6 is 0 Å². The average Bonchev–Trinajstić information content (AvgIpc) is 2.54. The van der Waals surface area contributed by atoms with Gasteiger partial charge in [-0.3, -0.25) is 14.9 Å². The number of nitro benzene ring substituents is 1. The van der Waals surface area contributed by atoms with Crippen LogP contribution in [0.2, 0.25) is 0 Å². The summed E-state index contributed by atoms with van der Waals surface area (Å²) in [6, 6.07) is 10.6. The molecule has 0 saturated heterocycles. The van der Waals surface area contributed by atoms with E-state index in [2.05, 4.69) is 0 Å². The van der Waals surface area contributed by atoms with Crippen LogP contribution in [-0.2, 0) is 4.74 Å². The maximum Gasteiger partial charge on any atom is 0.345 e. The second-order valence-electron chi connectivity index (χ2n) is 5.07. The molecule has 6 heteroatoms. The first-order chi connectivity index (χ1) is 10.9. The molecule has 0 amide bonds. The molecule has 0 N–H and O–H groups in total. The van der Waals surface area contributed by atoms with E-state index < -0.39 is 17.5 Å². The summed E-state index contributed by atoms with van der Waals surface area (Å²) >= 11 is 0. The summed E-state index contributed by atoms with van der Waals surface area (Å²) in [6.45, 7) is 3.34. The predicted octanol–water partition coefficient (Wildman–Crippen LogP) is 3.25. The third-order valence-corrected chi connectivity index (χ3v) is 3.48. The third kappa shape index (κ3) is 3.79. The molecule has 0 saturated carbocycles. The third-order valence-electron chi connectivity index (χ3n) is 3.48. The lowest BCUT2D eigenvalue weighted by Gasteiger charge is -2.06. The van der Waals surface area contributed by atoms with Crippen LogP contribution in [0.5, 0.6) is 0 Å². The minimum atomic E-state index is -0.894. The van der Waals surface area contributed by atoms with E-state index in [1.807, 2.05) is 19.9 Å². The summed E-state index contributed by atoms with van der Waals surface area (Å²) in [4.78, 5) is 34.2. The fourth-order valence-corrected chi connectivity index (χ4v) is 2.01. The summed E-state index contributed by atoms with van der Waals surface area (Å²) in [6.07, 6.45) is 0. The van der Waals surface area contributed by atoms with Gasteiger partial charge in [-0.05, 0) is 37.1 Å². The topological polar surface area (TPSA) is 86.5 Å². The number of carbonyl (C=O) groups excluding carboxylic acids is 2. The van der Waals surface area contributed by atoms with Crippen LogP contribution in [-0.4, -0.2) is 23.3 Å². The highest BCUT2D eigenvalue weighted by Crippen LogP contribution is 2.18. The Morgan fingerprint density at radius 1 is 1.09 bits per heavy atom. The number of ketones is 1. The van der Waals surface area contributed by atoms with Gasteiger partial charge in [-0.25, -0.2) is 4.79 Å². The van der Waals surface area contributed by atoms with Crippen LogP contribution < -0.4 is 0 Å². The number of nitro groups is 1. The number of rotatable bonds is 5. The van der Waals surface area contributed by atoms with Gasteiger partial charge < -0.3 is 4.74 Å². The zero-order valence-corrected chi connectivity index (χ0v) is 12.7. The van der Waals surface area contributed by atoms with Gasteiger partial charge in [0.2, 0.25) is 0 Å². The van der Waals surface area contributed by atoms with Crippen molar-refractivity contribution in [2.45, 2.75) is 13.8 Å². The molecule has 2 rings (SSSR count). The van der Waals surface area contributed by atoms with Gasteiger partial charge in [0.05, 0.1) is 4.92 Å². The number of esters is 1. The Bertz CT molecular complexity index is 782. The number of ether oxygens (including phenoxy) is 1. The van der Waals surface area contributed by atoms with Crippen LogP contribution in [0, 0.1) is 24.0 Å². The molecular formula is C17H15NO5. The average molecular weight is 313 g/mol. The van der Waals surface area contributed by atoms with Crippen LogP contribution in [0.4, 0.5) is 5.69 Å². The van der Waals surface area contributed by atoms with E-state index >= 15 is 0 Å². The van der Waals surface area contributed by atoms with E-state index in [0.717, 1.165) is 11.1 Å². The monoisotopic (exact) mass is 313 g/mol. The molecule has 6 nitrogen and oxygen atoms in total. The molecular weight excluding hydrogens is 298 g/mol. The minimum absolute atomic E-state index is 0.176. The van der Waals surface area contributed by atoms with Crippen molar-refractivity contribution in [3.8, 4) is 0 Å². The molecule has 23 heavy (non-hydrogen) atoms. The number of hydrogen-bond donors (Lipinski definition) is 0. The second-order valence-corrected chi connectivity index (χ2v) is 5.07. The largest absolute Gasteiger partial charge is 0.454 e. The molecule has 0 unspecified atom stereocenters. The highest BCUT2D eigenvalue weighted by Gasteiger charge is 2.21. The first-order valence-corrected chi connectivity index (χ1v) is 6.91. The first-order valence-electron chi connectivity index (χ1n) is 6.91. The molecule has 0 bridgehead atoms. The van der Waals surface area contributed by atoms with Crippen molar-refractivity contribution in [3.63, 3.8) is 0 Å². The molecule has 0 atom stereocenters. The van der Waals surface area contributed by atoms with Crippen LogP contribution in [0.15, 0.2) is 42.5 Å². The molecule has 0 aliphatic heterocycles. The number of hydrogen-bond acceptors (Lipinski definition) is 5. The van der Waals surface area contributed by atoms with Crippen molar-refractivity contribution in [2.24, 2.45) is 0 Å². The summed E-state index contributed by atoms with van der Waals surface area (Å²) < 4.78 is 4.91. The molecule has 0 aromatic heterocycles. The normalized spacial score (nSPS) is 10.2. The van der Waals surface area contributed by atoms with Gasteiger partial charge in [-0.1, -0.05) is 24.3 Å². The van der Waals surface area contributed by atoms with E-state index in [0.29, 0.717) is 5.56 Å². The smallest absolute Gasteiger partial charge is 0.345 e. The zero-order chi connectivity index (χ0) is 17.0. The molecule has 0 heterocycles. The maximum atomic E-state index is 12.1. The number of Topliss-reactive ketones (excluding diaryl/α,β-unsaturated/α-hetero) is 1. The van der Waals surface area contributed by atoms with Crippen molar-refractivity contribution in [1.29, 1.82) is 0 Å². The minimum Gasteiger partial charge on any atom is -0.454 e. The molecule has 2 aromatic rings. The van der Waals surface area contributed by atoms with Crippen LogP contribution in [0.25, 0.3) is 0 Å². The lowest BCUT2D eigenvalue weighted by atomic mass is 10.0. The van der Waals surface area contributed by atoms with Crippen molar-refractivity contribution < 1.29 is 19.2 Å². The Hall–Kier alpha value is -3.02. The Kier molecular flexibility index (Phi) is 4.85. The van der Waals surface area contributed by atoms with E-state index in [1.54, 1.807) is 12.1 Å². The van der Waals surface area contributed by atoms with Gasteiger partial charge in [-0.15, -0.1) is 0 Å². The fourth-order valence-electron chi connectivity index (χ4n) is 2.01. The Labute approximate surface area is 132 Å². The van der Waals surface area contributed by atoms with Crippen LogP contribution in [0.3, 0.4) is 0 Å². The quantitative estimate of drug-likeness (QED) is 0.366. The van der Waals surface area contributed by atoms with Gasteiger partial charge in [0.25, 0.3) is 5.69 Å². The molecule has 0 radical (unpaired) electrons. The maximum absolute atomic E-state index is 12.1. The van der Waals surface area contributed by atoms with E-state index in [-0.39, 0.29) is 17.0 Å². The number of carbonyl (C=O) groups is 2. The van der Waals surface area contributed by atoms with Gasteiger partial charge in [-0.2, -0.15) is 0 Å². The predicted molar refractivity (Wildman–Crippen MR) is 83.6 cm³/mol. The van der Waals surface area contributed by atoms with Crippen LogP contribution in [0.1, 0.15) is 31.8 Å². The molecule has 0 aliphatic rings. The Balaban J connectivity index is 2.08. The van der Waals surface area contributed by atoms with Crippen molar-refractivity contribution in [3.05, 3.63) is 74.8 Å². The van der Waals surface area contributed by atoms with Crippen molar-refractivity contribution in [1.82, 2.24) is 0 Å². The lowest BCUT2D eigenvalue weighted by Crippen LogP contribution is -2.15. The highest BCUT2D eigenvalue weighted by molar-refractivity contribution is 6.00. The van der Waals surface area contributed by atoms with Crippen molar-refractivity contribution in [2.75, 3.05) is 6.61 Å². The second kappa shape index (κ2) is 6.83. The number of para-hydroxylation sites is 1. The van der Waals surface area contributed by atoms with E-state index in [4.69, 9.17) is 4.74 Å². The van der Waals surface area contributed by atoms with Crippen molar-refractivity contribution >= 4 is 17.4 Å². The van der Waals surface area contributed by atoms with Gasteiger partial charge in [0.1, 0.15) is 5.56 Å². The molecule has 0 fully saturated rings. The van der Waals surface area contributed by atoms with Gasteiger partial charge in [0.15, 0.2) is 12.4 Å². The van der Waals surface area contributed by atoms with Gasteiger partial charge >= 0.3 is 5.97 Å². The Morgan fingerprint density at radius 2 is 1.78 bits per heavy atom. The molecule has 2 aromatic carbocycles. The number of benzene rings is 2. The van der Waals surface area contributed by atoms with E-state index in [9.17, 15) is 19.7 Å². The molecule has 118 valence electrons. The molecule has 0 spiro atoms. The van der Waals surface area contributed by atoms with Gasteiger partial charge in [0, 0.05) is 11.6 Å². The highest BCUT2D eigenvalue weighted by atomic mass is 16.6. The Morgan fingerprint density at radius 3 is 2.43 bits per heavy atom. The summed E-state index contributed by atoms with van der Waals surface area (Å²) in [5.74, 6) is -1.26. The fraction of sp³-hybridized carbons (Fsp3) is 0.176. The van der Waals surface area contributed by atoms with E-state index in [1.165, 1.54) is 24.3 Å². The zero-order valence-electron chi connectivity index (χ0n) is 12.7. The summed E-state index contributed by atoms with van der Waals surface area (Å²) in [7, 11) is 0. The summed E-state index contributed by atoms with van der Waals surface area (Å²) in [5, 5.41) is 10.9. The lowest BCUT2D eigenvalue weighted by molar-refractivity contribution is -0.385. The number of aryl methyl sites for hydroxylation is 2.